The van der Waals surface area contributed by atoms with E-state index in [9.17, 15) is 13.2 Å². The lowest BCUT2D eigenvalue weighted by Gasteiger charge is -2.11. The number of hydrogen-bond donors (Lipinski definition) is 1. The Kier molecular flexibility index (Phi) is 4.89. The van der Waals surface area contributed by atoms with E-state index in [1.54, 1.807) is 0 Å². The maximum Gasteiger partial charge on any atom is 0.522 e. The first-order chi connectivity index (χ1) is 5.08. The molecule has 1 aliphatic rings. The van der Waals surface area contributed by atoms with Gasteiger partial charge in [-0.25, -0.2) is 0 Å². The Morgan fingerprint density at radius 3 is 2.50 bits per heavy atom. The molecular formula is C6H11ClF3NO. The monoisotopic (exact) mass is 205 g/mol. The fourth-order valence-electron chi connectivity index (χ4n) is 1.09. The van der Waals surface area contributed by atoms with Crippen LogP contribution in [0.3, 0.4) is 0 Å². The summed E-state index contributed by atoms with van der Waals surface area (Å²) in [5.41, 5.74) is 0. The third-order valence-electron chi connectivity index (χ3n) is 1.61. The predicted octanol–water partition coefficient (Wildman–Crippen LogP) is 1.70. The topological polar surface area (TPSA) is 21.3 Å². The van der Waals surface area contributed by atoms with Crippen LogP contribution in [-0.2, 0) is 4.74 Å². The second-order valence-electron chi connectivity index (χ2n) is 2.55. The van der Waals surface area contributed by atoms with Gasteiger partial charge >= 0.3 is 6.36 Å². The molecule has 74 valence electrons. The Bertz CT molecular complexity index is 124. The van der Waals surface area contributed by atoms with Crippen LogP contribution >= 0.6 is 12.4 Å². The van der Waals surface area contributed by atoms with Crippen molar-refractivity contribution in [3.63, 3.8) is 0 Å². The molecule has 1 fully saturated rings. The summed E-state index contributed by atoms with van der Waals surface area (Å²) >= 11 is 0. The fraction of sp³-hybridized carbons (Fsp3) is 1.00. The van der Waals surface area contributed by atoms with Gasteiger partial charge < -0.3 is 5.32 Å². The first-order valence-corrected chi connectivity index (χ1v) is 3.52. The number of hydrogen-bond acceptors (Lipinski definition) is 2. The Balaban J connectivity index is 0.00000121. The van der Waals surface area contributed by atoms with Crippen molar-refractivity contribution in [2.75, 3.05) is 13.2 Å². The van der Waals surface area contributed by atoms with Crippen LogP contribution in [0.5, 0.6) is 0 Å². The molecule has 1 N–H and O–H groups in total. The highest BCUT2D eigenvalue weighted by atomic mass is 35.5. The molecule has 2 nitrogen and oxygen atoms in total. The average molecular weight is 206 g/mol. The summed E-state index contributed by atoms with van der Waals surface area (Å²) in [6.45, 7) is 0.537. The van der Waals surface area contributed by atoms with Crippen molar-refractivity contribution in [2.45, 2.75) is 25.2 Å². The molecule has 1 heterocycles. The summed E-state index contributed by atoms with van der Waals surface area (Å²) in [6.07, 6.45) is -2.77. The van der Waals surface area contributed by atoms with Gasteiger partial charge in [-0.3, -0.25) is 4.74 Å². The molecule has 12 heavy (non-hydrogen) atoms. The van der Waals surface area contributed by atoms with Gasteiger partial charge in [-0.15, -0.1) is 25.6 Å². The Morgan fingerprint density at radius 2 is 2.08 bits per heavy atom. The van der Waals surface area contributed by atoms with Gasteiger partial charge in [-0.05, 0) is 19.4 Å². The molecule has 0 spiro atoms. The third-order valence-corrected chi connectivity index (χ3v) is 1.61. The molecule has 1 rings (SSSR count). The Hall–Kier alpha value is -0.0000000000000000416. The molecule has 0 saturated carbocycles. The lowest BCUT2D eigenvalue weighted by Crippen LogP contribution is -2.30. The zero-order valence-corrected chi connectivity index (χ0v) is 7.17. The van der Waals surface area contributed by atoms with Gasteiger partial charge in [0.25, 0.3) is 0 Å². The Morgan fingerprint density at radius 1 is 1.42 bits per heavy atom. The third kappa shape index (κ3) is 4.79. The van der Waals surface area contributed by atoms with E-state index >= 15 is 0 Å². The van der Waals surface area contributed by atoms with Gasteiger partial charge in [-0.2, -0.15) is 0 Å². The van der Waals surface area contributed by atoms with Crippen LogP contribution in [0.1, 0.15) is 12.8 Å². The predicted molar refractivity (Wildman–Crippen MR) is 40.3 cm³/mol. The van der Waals surface area contributed by atoms with E-state index in [0.717, 1.165) is 19.4 Å². The summed E-state index contributed by atoms with van der Waals surface area (Å²) < 4.78 is 38.0. The van der Waals surface area contributed by atoms with Crippen molar-refractivity contribution in [3.05, 3.63) is 0 Å². The summed E-state index contributed by atoms with van der Waals surface area (Å²) in [6, 6.07) is -0.114. The van der Waals surface area contributed by atoms with Gasteiger partial charge in [-0.1, -0.05) is 0 Å². The first-order valence-electron chi connectivity index (χ1n) is 3.52. The lowest BCUT2D eigenvalue weighted by molar-refractivity contribution is -0.326. The van der Waals surface area contributed by atoms with Crippen molar-refractivity contribution in [1.82, 2.24) is 5.32 Å². The van der Waals surface area contributed by atoms with Crippen molar-refractivity contribution in [2.24, 2.45) is 0 Å². The highest BCUT2D eigenvalue weighted by molar-refractivity contribution is 5.85. The van der Waals surface area contributed by atoms with Gasteiger partial charge in [0.1, 0.15) is 0 Å². The molecule has 0 aromatic rings. The van der Waals surface area contributed by atoms with Crippen LogP contribution in [0, 0.1) is 0 Å². The molecule has 0 bridgehead atoms. The molecule has 0 aromatic heterocycles. The van der Waals surface area contributed by atoms with Gasteiger partial charge in [0, 0.05) is 6.04 Å². The molecule has 6 heteroatoms. The van der Waals surface area contributed by atoms with Gasteiger partial charge in [0.05, 0.1) is 6.61 Å². The molecule has 0 unspecified atom stereocenters. The summed E-state index contributed by atoms with van der Waals surface area (Å²) in [7, 11) is 0. The average Bonchev–Trinajstić information content (AvgIpc) is 2.32. The van der Waals surface area contributed by atoms with E-state index in [4.69, 9.17) is 0 Å². The van der Waals surface area contributed by atoms with Crippen LogP contribution in [0.15, 0.2) is 0 Å². The van der Waals surface area contributed by atoms with Gasteiger partial charge in [0.2, 0.25) is 0 Å². The van der Waals surface area contributed by atoms with Crippen molar-refractivity contribution < 1.29 is 17.9 Å². The SMILES string of the molecule is Cl.FC(F)(F)OC[C@H]1CCCN1. The standard InChI is InChI=1S/C6H10F3NO.ClH/c7-6(8,9)11-4-5-2-1-3-10-5;/h5,10H,1-4H2;1H/t5-;/m1./s1. The normalized spacial score (nSPS) is 23.8. The molecule has 1 aliphatic heterocycles. The van der Waals surface area contributed by atoms with Crippen molar-refractivity contribution in [3.8, 4) is 0 Å². The zero-order chi connectivity index (χ0) is 8.32. The van der Waals surface area contributed by atoms with Crippen LogP contribution < -0.4 is 5.32 Å². The summed E-state index contributed by atoms with van der Waals surface area (Å²) in [5, 5.41) is 2.90. The number of ether oxygens (including phenoxy) is 1. The van der Waals surface area contributed by atoms with Crippen LogP contribution in [-0.4, -0.2) is 25.6 Å². The molecule has 1 atom stereocenters. The number of alkyl halides is 3. The summed E-state index contributed by atoms with van der Waals surface area (Å²) in [4.78, 5) is 0. The fourth-order valence-corrected chi connectivity index (χ4v) is 1.09. The largest absolute Gasteiger partial charge is 0.522 e. The van der Waals surface area contributed by atoms with E-state index in [2.05, 4.69) is 10.1 Å². The molecule has 0 aromatic carbocycles. The molecule has 0 amide bonds. The number of nitrogens with one attached hydrogen (secondary N) is 1. The van der Waals surface area contributed by atoms with E-state index < -0.39 is 6.36 Å². The van der Waals surface area contributed by atoms with E-state index in [1.165, 1.54) is 0 Å². The van der Waals surface area contributed by atoms with Crippen molar-refractivity contribution >= 4 is 12.4 Å². The van der Waals surface area contributed by atoms with E-state index in [-0.39, 0.29) is 25.1 Å². The zero-order valence-electron chi connectivity index (χ0n) is 6.36. The minimum absolute atomic E-state index is 0. The highest BCUT2D eigenvalue weighted by Gasteiger charge is 2.30. The van der Waals surface area contributed by atoms with E-state index in [1.807, 2.05) is 0 Å². The van der Waals surface area contributed by atoms with Crippen LogP contribution in [0.25, 0.3) is 0 Å². The quantitative estimate of drug-likeness (QED) is 0.741. The number of rotatable bonds is 2. The van der Waals surface area contributed by atoms with Crippen LogP contribution in [0.4, 0.5) is 13.2 Å². The molecular weight excluding hydrogens is 195 g/mol. The Labute approximate surface area is 74.9 Å². The molecule has 0 radical (unpaired) electrons. The summed E-state index contributed by atoms with van der Waals surface area (Å²) in [5.74, 6) is 0. The van der Waals surface area contributed by atoms with Crippen LogP contribution in [0.2, 0.25) is 0 Å². The second kappa shape index (κ2) is 4.89. The minimum Gasteiger partial charge on any atom is -0.312 e. The maximum absolute atomic E-state index is 11.5. The highest BCUT2D eigenvalue weighted by Crippen LogP contribution is 2.17. The smallest absolute Gasteiger partial charge is 0.312 e. The van der Waals surface area contributed by atoms with Gasteiger partial charge in [0.15, 0.2) is 0 Å². The number of halogens is 4. The molecule has 1 saturated heterocycles. The van der Waals surface area contributed by atoms with E-state index in [0.29, 0.717) is 0 Å². The first kappa shape index (κ1) is 12.0. The van der Waals surface area contributed by atoms with Crippen molar-refractivity contribution in [1.29, 1.82) is 0 Å². The lowest BCUT2D eigenvalue weighted by atomic mass is 10.2. The second-order valence-corrected chi connectivity index (χ2v) is 2.55. The molecule has 0 aliphatic carbocycles. The maximum atomic E-state index is 11.5. The minimum atomic E-state index is -4.48.